The van der Waals surface area contributed by atoms with E-state index in [2.05, 4.69) is 11.8 Å². The number of nitrogens with one attached hydrogen (secondary N) is 1. The topological polar surface area (TPSA) is 62.3 Å². The summed E-state index contributed by atoms with van der Waals surface area (Å²) in [6, 6.07) is 8.28. The van der Waals surface area contributed by atoms with Crippen LogP contribution in [0, 0.1) is 5.41 Å². The van der Waals surface area contributed by atoms with Gasteiger partial charge in [0, 0.05) is 24.7 Å². The molecule has 1 aliphatic rings. The first-order valence-corrected chi connectivity index (χ1v) is 5.92. The van der Waals surface area contributed by atoms with Crippen molar-refractivity contribution < 1.29 is 4.74 Å². The van der Waals surface area contributed by atoms with E-state index in [-0.39, 0.29) is 5.84 Å². The molecule has 1 saturated heterocycles. The number of ether oxygens (including phenoxy) is 1. The van der Waals surface area contributed by atoms with Crippen molar-refractivity contribution in [2.45, 2.75) is 19.5 Å². The molecule has 1 aromatic rings. The SMILES string of the molecule is CC1COCCN1Cc1ccccc1C(=N)N. The summed E-state index contributed by atoms with van der Waals surface area (Å²) in [7, 11) is 0. The molecule has 1 heterocycles. The van der Waals surface area contributed by atoms with Gasteiger partial charge in [0.2, 0.25) is 0 Å². The van der Waals surface area contributed by atoms with Gasteiger partial charge in [-0.3, -0.25) is 10.3 Å². The summed E-state index contributed by atoms with van der Waals surface area (Å²) in [5.74, 6) is 0.140. The van der Waals surface area contributed by atoms with Crippen molar-refractivity contribution in [1.82, 2.24) is 4.90 Å². The van der Waals surface area contributed by atoms with E-state index in [1.165, 1.54) is 0 Å². The fourth-order valence-electron chi connectivity index (χ4n) is 2.14. The Bertz CT molecular complexity index is 405. The number of morpholine rings is 1. The van der Waals surface area contributed by atoms with Crippen LogP contribution in [0.25, 0.3) is 0 Å². The van der Waals surface area contributed by atoms with Gasteiger partial charge in [0.05, 0.1) is 13.2 Å². The summed E-state index contributed by atoms with van der Waals surface area (Å²) in [4.78, 5) is 2.37. The molecule has 1 atom stereocenters. The van der Waals surface area contributed by atoms with Crippen LogP contribution in [0.5, 0.6) is 0 Å². The normalized spacial score (nSPS) is 21.4. The van der Waals surface area contributed by atoms with Crippen molar-refractivity contribution in [3.05, 3.63) is 35.4 Å². The molecule has 0 saturated carbocycles. The third-order valence-corrected chi connectivity index (χ3v) is 3.19. The molecule has 0 spiro atoms. The molecule has 0 radical (unpaired) electrons. The van der Waals surface area contributed by atoms with Crippen LogP contribution < -0.4 is 5.73 Å². The number of nitrogen functional groups attached to an aromatic ring is 1. The lowest BCUT2D eigenvalue weighted by Gasteiger charge is -2.33. The van der Waals surface area contributed by atoms with Crippen molar-refractivity contribution in [3.63, 3.8) is 0 Å². The van der Waals surface area contributed by atoms with Gasteiger partial charge in [0.15, 0.2) is 0 Å². The Balaban J connectivity index is 2.14. The highest BCUT2D eigenvalue weighted by molar-refractivity contribution is 5.96. The molecule has 1 unspecified atom stereocenters. The van der Waals surface area contributed by atoms with Crippen LogP contribution in [0.3, 0.4) is 0 Å². The van der Waals surface area contributed by atoms with Gasteiger partial charge in [0.1, 0.15) is 5.84 Å². The van der Waals surface area contributed by atoms with Crippen molar-refractivity contribution >= 4 is 5.84 Å². The van der Waals surface area contributed by atoms with Crippen molar-refractivity contribution in [3.8, 4) is 0 Å². The first kappa shape index (κ1) is 12.1. The van der Waals surface area contributed by atoms with Crippen LogP contribution in [-0.4, -0.2) is 36.5 Å². The van der Waals surface area contributed by atoms with E-state index in [1.807, 2.05) is 24.3 Å². The largest absolute Gasteiger partial charge is 0.384 e. The molecular weight excluding hydrogens is 214 g/mol. The predicted octanol–water partition coefficient (Wildman–Crippen LogP) is 1.19. The summed E-state index contributed by atoms with van der Waals surface area (Å²) in [5.41, 5.74) is 7.55. The minimum Gasteiger partial charge on any atom is -0.384 e. The zero-order valence-corrected chi connectivity index (χ0v) is 10.1. The van der Waals surface area contributed by atoms with Gasteiger partial charge < -0.3 is 10.5 Å². The smallest absolute Gasteiger partial charge is 0.123 e. The van der Waals surface area contributed by atoms with Crippen molar-refractivity contribution in [2.75, 3.05) is 19.8 Å². The third-order valence-electron chi connectivity index (χ3n) is 3.19. The summed E-state index contributed by atoms with van der Waals surface area (Å²) in [5, 5.41) is 7.58. The number of rotatable bonds is 3. The van der Waals surface area contributed by atoms with Gasteiger partial charge in [-0.15, -0.1) is 0 Å². The Kier molecular flexibility index (Phi) is 3.76. The van der Waals surface area contributed by atoms with Crippen LogP contribution >= 0.6 is 0 Å². The Morgan fingerprint density at radius 1 is 1.53 bits per heavy atom. The number of nitrogens with zero attached hydrogens (tertiary/aromatic N) is 1. The van der Waals surface area contributed by atoms with Crippen molar-refractivity contribution in [1.29, 1.82) is 5.41 Å². The number of hydrogen-bond acceptors (Lipinski definition) is 3. The van der Waals surface area contributed by atoms with E-state index in [9.17, 15) is 0 Å². The maximum absolute atomic E-state index is 7.58. The van der Waals surface area contributed by atoms with E-state index >= 15 is 0 Å². The molecule has 17 heavy (non-hydrogen) atoms. The average molecular weight is 233 g/mol. The van der Waals surface area contributed by atoms with Gasteiger partial charge in [-0.05, 0) is 12.5 Å². The highest BCUT2D eigenvalue weighted by Gasteiger charge is 2.19. The maximum atomic E-state index is 7.58. The molecule has 2 rings (SSSR count). The van der Waals surface area contributed by atoms with Gasteiger partial charge in [-0.25, -0.2) is 0 Å². The van der Waals surface area contributed by atoms with Crippen molar-refractivity contribution in [2.24, 2.45) is 5.73 Å². The van der Waals surface area contributed by atoms with Gasteiger partial charge in [-0.1, -0.05) is 24.3 Å². The van der Waals surface area contributed by atoms with Crippen LogP contribution in [0.4, 0.5) is 0 Å². The monoisotopic (exact) mass is 233 g/mol. The summed E-state index contributed by atoms with van der Waals surface area (Å²) < 4.78 is 5.42. The van der Waals surface area contributed by atoms with E-state index in [0.29, 0.717) is 6.04 Å². The molecular formula is C13H19N3O. The van der Waals surface area contributed by atoms with E-state index in [1.54, 1.807) is 0 Å². The van der Waals surface area contributed by atoms with Gasteiger partial charge in [-0.2, -0.15) is 0 Å². The Morgan fingerprint density at radius 3 is 3.00 bits per heavy atom. The number of hydrogen-bond donors (Lipinski definition) is 2. The van der Waals surface area contributed by atoms with Crippen LogP contribution in [0.15, 0.2) is 24.3 Å². The van der Waals surface area contributed by atoms with E-state index in [0.717, 1.165) is 37.4 Å². The van der Waals surface area contributed by atoms with Gasteiger partial charge in [0.25, 0.3) is 0 Å². The van der Waals surface area contributed by atoms with Crippen LogP contribution in [0.2, 0.25) is 0 Å². The Morgan fingerprint density at radius 2 is 2.29 bits per heavy atom. The number of benzene rings is 1. The van der Waals surface area contributed by atoms with E-state index in [4.69, 9.17) is 15.9 Å². The fraction of sp³-hybridized carbons (Fsp3) is 0.462. The minimum atomic E-state index is 0.140. The molecule has 4 nitrogen and oxygen atoms in total. The highest BCUT2D eigenvalue weighted by Crippen LogP contribution is 2.15. The second-order valence-electron chi connectivity index (χ2n) is 4.47. The summed E-state index contributed by atoms with van der Waals surface area (Å²) in [6.07, 6.45) is 0. The number of amidine groups is 1. The molecule has 0 bridgehead atoms. The molecule has 1 aromatic carbocycles. The minimum absolute atomic E-state index is 0.140. The van der Waals surface area contributed by atoms with Gasteiger partial charge >= 0.3 is 0 Å². The highest BCUT2D eigenvalue weighted by atomic mass is 16.5. The second-order valence-corrected chi connectivity index (χ2v) is 4.47. The molecule has 0 aromatic heterocycles. The quantitative estimate of drug-likeness (QED) is 0.609. The van der Waals surface area contributed by atoms with Crippen LogP contribution in [0.1, 0.15) is 18.1 Å². The number of nitrogens with two attached hydrogens (primary N) is 1. The first-order valence-electron chi connectivity index (χ1n) is 5.92. The molecule has 0 amide bonds. The fourth-order valence-corrected chi connectivity index (χ4v) is 2.14. The second kappa shape index (κ2) is 5.29. The summed E-state index contributed by atoms with van der Waals surface area (Å²) in [6.45, 7) is 5.50. The molecule has 4 heteroatoms. The molecule has 1 fully saturated rings. The lowest BCUT2D eigenvalue weighted by molar-refractivity contribution is -0.00438. The molecule has 3 N–H and O–H groups in total. The summed E-state index contributed by atoms with van der Waals surface area (Å²) >= 11 is 0. The third kappa shape index (κ3) is 2.84. The maximum Gasteiger partial charge on any atom is 0.123 e. The zero-order valence-electron chi connectivity index (χ0n) is 10.1. The van der Waals surface area contributed by atoms with Crippen LogP contribution in [-0.2, 0) is 11.3 Å². The Labute approximate surface area is 102 Å². The molecule has 92 valence electrons. The molecule has 1 aliphatic heterocycles. The standard InChI is InChI=1S/C13H19N3O/c1-10-9-17-7-6-16(10)8-11-4-2-3-5-12(11)13(14)15/h2-5,10H,6-9H2,1H3,(H3,14,15). The first-order chi connectivity index (χ1) is 8.18. The Hall–Kier alpha value is -1.39. The zero-order chi connectivity index (χ0) is 12.3. The molecule has 0 aliphatic carbocycles. The lowest BCUT2D eigenvalue weighted by Crippen LogP contribution is -2.43. The lowest BCUT2D eigenvalue weighted by atomic mass is 10.1. The average Bonchev–Trinajstić information content (AvgIpc) is 2.32. The predicted molar refractivity (Wildman–Crippen MR) is 68.1 cm³/mol. The van der Waals surface area contributed by atoms with E-state index < -0.39 is 0 Å².